The third kappa shape index (κ3) is 3.68. The summed E-state index contributed by atoms with van der Waals surface area (Å²) in [6.45, 7) is 0. The molecule has 0 unspecified atom stereocenters. The van der Waals surface area contributed by atoms with E-state index in [0.29, 0.717) is 0 Å². The highest BCUT2D eigenvalue weighted by molar-refractivity contribution is 6.09. The van der Waals surface area contributed by atoms with E-state index < -0.39 is 0 Å². The Morgan fingerprint density at radius 2 is 1.11 bits per heavy atom. The van der Waals surface area contributed by atoms with Crippen molar-refractivity contribution in [3.05, 3.63) is 146 Å². The molecule has 3 aromatic carbocycles. The van der Waals surface area contributed by atoms with Crippen LogP contribution in [0.2, 0.25) is 0 Å². The molecule has 6 aromatic heterocycles. The van der Waals surface area contributed by atoms with E-state index in [-0.39, 0.29) is 0 Å². The fourth-order valence-corrected chi connectivity index (χ4v) is 6.41. The molecule has 6 heteroatoms. The molecule has 0 aliphatic rings. The maximum Gasteiger partial charge on any atom is 0.138 e. The number of aromatic nitrogens is 6. The van der Waals surface area contributed by atoms with Crippen molar-refractivity contribution >= 4 is 43.7 Å². The van der Waals surface area contributed by atoms with Gasteiger partial charge in [-0.3, -0.25) is 14.5 Å². The molecule has 0 aliphatic heterocycles. The second-order valence-corrected chi connectivity index (χ2v) is 10.8. The molecule has 0 spiro atoms. The van der Waals surface area contributed by atoms with Gasteiger partial charge in [0, 0.05) is 40.3 Å². The smallest absolute Gasteiger partial charge is 0.138 e. The molecule has 0 aliphatic carbocycles. The largest absolute Gasteiger partial charge is 0.307 e. The van der Waals surface area contributed by atoms with E-state index in [0.717, 1.165) is 77.9 Å². The van der Waals surface area contributed by atoms with E-state index in [1.165, 1.54) is 0 Å². The quantitative estimate of drug-likeness (QED) is 0.214. The van der Waals surface area contributed by atoms with Crippen molar-refractivity contribution in [1.29, 1.82) is 0 Å². The summed E-state index contributed by atoms with van der Waals surface area (Å²) in [7, 11) is 0. The predicted molar refractivity (Wildman–Crippen MR) is 177 cm³/mol. The van der Waals surface area contributed by atoms with Crippen LogP contribution in [0.4, 0.5) is 0 Å². The zero-order valence-corrected chi connectivity index (χ0v) is 23.5. The summed E-state index contributed by atoms with van der Waals surface area (Å²) in [5.74, 6) is 0.838. The van der Waals surface area contributed by atoms with Gasteiger partial charge in [-0.1, -0.05) is 66.7 Å². The van der Waals surface area contributed by atoms with Crippen LogP contribution >= 0.6 is 0 Å². The van der Waals surface area contributed by atoms with Crippen LogP contribution in [0.25, 0.3) is 77.9 Å². The van der Waals surface area contributed by atoms with Crippen molar-refractivity contribution < 1.29 is 0 Å². The lowest BCUT2D eigenvalue weighted by Crippen LogP contribution is -2.00. The normalized spacial score (nSPS) is 11.6. The molecule has 0 radical (unpaired) electrons. The number of fused-ring (bicyclic) bond motifs is 6. The zero-order valence-electron chi connectivity index (χ0n) is 23.5. The molecule has 206 valence electrons. The predicted octanol–water partition coefficient (Wildman–Crippen LogP) is 8.79. The molecule has 0 saturated heterocycles. The SMILES string of the molecule is c1cc(-c2cccc(-n3c4ccccc4c4cnccc43)n2)nc(-c2ccccc2-n2c3ccccc3c3ncccc32)c1. The minimum atomic E-state index is 0.808. The van der Waals surface area contributed by atoms with Gasteiger partial charge in [-0.15, -0.1) is 0 Å². The monoisotopic (exact) mass is 564 g/mol. The Morgan fingerprint density at radius 3 is 2.02 bits per heavy atom. The van der Waals surface area contributed by atoms with Crippen LogP contribution < -0.4 is 0 Å². The molecule has 0 bridgehead atoms. The topological polar surface area (TPSA) is 61.4 Å². The molecule has 0 amide bonds. The first kappa shape index (κ1) is 24.5. The van der Waals surface area contributed by atoms with Gasteiger partial charge in [-0.2, -0.15) is 0 Å². The Morgan fingerprint density at radius 1 is 0.432 bits per heavy atom. The summed E-state index contributed by atoms with van der Waals surface area (Å²) in [5.41, 5.74) is 9.91. The summed E-state index contributed by atoms with van der Waals surface area (Å²) in [4.78, 5) is 19.4. The number of para-hydroxylation sites is 3. The second-order valence-electron chi connectivity index (χ2n) is 10.8. The Labute approximate surface area is 252 Å². The van der Waals surface area contributed by atoms with E-state index in [1.54, 1.807) is 0 Å². The second kappa shape index (κ2) is 9.71. The van der Waals surface area contributed by atoms with E-state index >= 15 is 0 Å². The third-order valence-electron chi connectivity index (χ3n) is 8.30. The summed E-state index contributed by atoms with van der Waals surface area (Å²) in [5, 5.41) is 3.38. The minimum Gasteiger partial charge on any atom is -0.307 e. The maximum absolute atomic E-state index is 5.18. The molecule has 0 fully saturated rings. The van der Waals surface area contributed by atoms with Gasteiger partial charge in [-0.05, 0) is 60.7 Å². The molecule has 9 aromatic rings. The highest BCUT2D eigenvalue weighted by atomic mass is 15.1. The van der Waals surface area contributed by atoms with Crippen molar-refractivity contribution in [1.82, 2.24) is 29.1 Å². The van der Waals surface area contributed by atoms with Gasteiger partial charge in [0.15, 0.2) is 0 Å². The van der Waals surface area contributed by atoms with Gasteiger partial charge in [-0.25, -0.2) is 9.97 Å². The zero-order chi connectivity index (χ0) is 29.0. The van der Waals surface area contributed by atoms with Crippen LogP contribution in [0, 0.1) is 0 Å². The summed E-state index contributed by atoms with van der Waals surface area (Å²) >= 11 is 0. The Balaban J connectivity index is 1.20. The highest BCUT2D eigenvalue weighted by Gasteiger charge is 2.17. The van der Waals surface area contributed by atoms with Gasteiger partial charge < -0.3 is 4.57 Å². The Bertz CT molecular complexity index is 2420. The van der Waals surface area contributed by atoms with Gasteiger partial charge in [0.2, 0.25) is 0 Å². The molecular weight excluding hydrogens is 540 g/mol. The van der Waals surface area contributed by atoms with E-state index in [1.807, 2.05) is 55.0 Å². The van der Waals surface area contributed by atoms with Gasteiger partial charge in [0.1, 0.15) is 5.82 Å². The maximum atomic E-state index is 5.18. The first-order valence-corrected chi connectivity index (χ1v) is 14.6. The number of benzene rings is 3. The molecule has 0 atom stereocenters. The number of hydrogen-bond donors (Lipinski definition) is 0. The Kier molecular flexibility index (Phi) is 5.40. The average molecular weight is 565 g/mol. The van der Waals surface area contributed by atoms with E-state index in [9.17, 15) is 0 Å². The standard InChI is InChI=1S/C38H24N6/c1-4-16-32-25(10-1)28-24-39-23-21-35(28)44(32)37-20-8-15-31(42-37)30-14-7-13-29(41-30)26-11-2-5-17-33(26)43-34-18-6-3-12-27(34)38-36(43)19-9-22-40-38/h1-24H. The van der Waals surface area contributed by atoms with Gasteiger partial charge >= 0.3 is 0 Å². The lowest BCUT2D eigenvalue weighted by molar-refractivity contribution is 1.07. The summed E-state index contributed by atoms with van der Waals surface area (Å²) < 4.78 is 4.49. The minimum absolute atomic E-state index is 0.808. The lowest BCUT2D eigenvalue weighted by atomic mass is 10.1. The van der Waals surface area contributed by atoms with Crippen LogP contribution in [-0.2, 0) is 0 Å². The van der Waals surface area contributed by atoms with Crippen molar-refractivity contribution in [2.24, 2.45) is 0 Å². The summed E-state index contributed by atoms with van der Waals surface area (Å²) in [6, 6.07) is 43.7. The average Bonchev–Trinajstić information content (AvgIpc) is 3.62. The molecule has 9 rings (SSSR count). The molecule has 0 N–H and O–H groups in total. The van der Waals surface area contributed by atoms with Gasteiger partial charge in [0.05, 0.1) is 50.4 Å². The van der Waals surface area contributed by atoms with Crippen molar-refractivity contribution in [3.63, 3.8) is 0 Å². The van der Waals surface area contributed by atoms with Crippen LogP contribution in [0.5, 0.6) is 0 Å². The number of nitrogens with zero attached hydrogens (tertiary/aromatic N) is 6. The van der Waals surface area contributed by atoms with Crippen LogP contribution in [0.3, 0.4) is 0 Å². The number of hydrogen-bond acceptors (Lipinski definition) is 4. The van der Waals surface area contributed by atoms with Crippen molar-refractivity contribution in [2.75, 3.05) is 0 Å². The third-order valence-corrected chi connectivity index (χ3v) is 8.30. The molecule has 6 heterocycles. The van der Waals surface area contributed by atoms with E-state index in [2.05, 4.69) is 105 Å². The molecule has 6 nitrogen and oxygen atoms in total. The first-order chi connectivity index (χ1) is 21.8. The van der Waals surface area contributed by atoms with Gasteiger partial charge in [0.25, 0.3) is 0 Å². The molecule has 44 heavy (non-hydrogen) atoms. The van der Waals surface area contributed by atoms with Crippen molar-refractivity contribution in [3.8, 4) is 34.2 Å². The highest BCUT2D eigenvalue weighted by Crippen LogP contribution is 2.36. The summed E-state index contributed by atoms with van der Waals surface area (Å²) in [6.07, 6.45) is 5.61. The van der Waals surface area contributed by atoms with Crippen LogP contribution in [0.1, 0.15) is 0 Å². The molecular formula is C38H24N6. The lowest BCUT2D eigenvalue weighted by Gasteiger charge is -2.14. The van der Waals surface area contributed by atoms with Crippen LogP contribution in [-0.4, -0.2) is 29.1 Å². The van der Waals surface area contributed by atoms with Crippen molar-refractivity contribution in [2.45, 2.75) is 0 Å². The fourth-order valence-electron chi connectivity index (χ4n) is 6.41. The Hall–Kier alpha value is -6.14. The first-order valence-electron chi connectivity index (χ1n) is 14.6. The molecule has 0 saturated carbocycles. The number of pyridine rings is 4. The number of rotatable bonds is 4. The van der Waals surface area contributed by atoms with Crippen LogP contribution in [0.15, 0.2) is 146 Å². The fraction of sp³-hybridized carbons (Fsp3) is 0. The van der Waals surface area contributed by atoms with E-state index in [4.69, 9.17) is 15.0 Å².